The van der Waals surface area contributed by atoms with E-state index in [1.165, 1.54) is 0 Å². The number of primary amides is 1. The molecule has 0 spiro atoms. The van der Waals surface area contributed by atoms with Crippen molar-refractivity contribution < 1.29 is 9.59 Å². The van der Waals surface area contributed by atoms with Crippen LogP contribution < -0.4 is 16.6 Å². The van der Waals surface area contributed by atoms with Gasteiger partial charge in [-0.05, 0) is 0 Å². The van der Waals surface area contributed by atoms with Gasteiger partial charge in [0.2, 0.25) is 0 Å². The Hall–Kier alpha value is -0.590. The highest BCUT2D eigenvalue weighted by atomic mass is 35.5. The smallest absolute Gasteiger partial charge is 0.327 e. The van der Waals surface area contributed by atoms with Crippen molar-refractivity contribution in [1.29, 1.82) is 0 Å². The standard InChI is InChI=1S/C8H4Cl5N3O2/c9-1-2(10)4(12)6(5(13)3(1)11)15-16-8(18)7(14)17/h15H,(H2,14,17)(H,16,18). The van der Waals surface area contributed by atoms with Gasteiger partial charge >= 0.3 is 11.8 Å². The molecule has 0 aromatic heterocycles. The molecule has 0 saturated carbocycles. The van der Waals surface area contributed by atoms with Crippen LogP contribution >= 0.6 is 58.0 Å². The summed E-state index contributed by atoms with van der Waals surface area (Å²) < 4.78 is 0. The number of anilines is 1. The summed E-state index contributed by atoms with van der Waals surface area (Å²) in [6.45, 7) is 0. The van der Waals surface area contributed by atoms with Crippen LogP contribution in [-0.2, 0) is 9.59 Å². The van der Waals surface area contributed by atoms with Gasteiger partial charge in [-0.2, -0.15) is 0 Å². The van der Waals surface area contributed by atoms with Gasteiger partial charge in [-0.1, -0.05) is 58.0 Å². The molecule has 5 nitrogen and oxygen atoms in total. The van der Waals surface area contributed by atoms with Gasteiger partial charge in [0, 0.05) is 0 Å². The molecule has 0 saturated heterocycles. The second kappa shape index (κ2) is 6.04. The third-order valence-electron chi connectivity index (χ3n) is 1.73. The Balaban J connectivity index is 3.11. The Kier molecular flexibility index (Phi) is 5.19. The summed E-state index contributed by atoms with van der Waals surface area (Å²) >= 11 is 29.0. The molecule has 18 heavy (non-hydrogen) atoms. The first kappa shape index (κ1) is 15.5. The van der Waals surface area contributed by atoms with Crippen LogP contribution in [0.4, 0.5) is 5.69 Å². The summed E-state index contributed by atoms with van der Waals surface area (Å²) in [6.07, 6.45) is 0. The number of carbonyl (C=O) groups is 2. The fourth-order valence-electron chi connectivity index (χ4n) is 0.896. The molecule has 0 radical (unpaired) electrons. The number of nitrogens with one attached hydrogen (secondary N) is 2. The van der Waals surface area contributed by atoms with Crippen LogP contribution in [-0.4, -0.2) is 11.8 Å². The summed E-state index contributed by atoms with van der Waals surface area (Å²) in [7, 11) is 0. The van der Waals surface area contributed by atoms with Gasteiger partial charge in [0.05, 0.1) is 30.8 Å². The molecule has 4 N–H and O–H groups in total. The summed E-state index contributed by atoms with van der Waals surface area (Å²) in [6, 6.07) is 0. The van der Waals surface area contributed by atoms with E-state index in [-0.39, 0.29) is 30.8 Å². The van der Waals surface area contributed by atoms with Crippen LogP contribution in [0.2, 0.25) is 25.1 Å². The van der Waals surface area contributed by atoms with E-state index in [2.05, 4.69) is 5.43 Å². The highest BCUT2D eigenvalue weighted by molar-refractivity contribution is 6.56. The maximum absolute atomic E-state index is 10.9. The van der Waals surface area contributed by atoms with Gasteiger partial charge in [-0.25, -0.2) is 0 Å². The van der Waals surface area contributed by atoms with Gasteiger partial charge in [0.1, 0.15) is 0 Å². The summed E-state index contributed by atoms with van der Waals surface area (Å²) in [5.74, 6) is -2.29. The van der Waals surface area contributed by atoms with Crippen LogP contribution in [0.3, 0.4) is 0 Å². The minimum atomic E-state index is -1.19. The third-order valence-corrected chi connectivity index (χ3v) is 4.01. The summed E-state index contributed by atoms with van der Waals surface area (Å²) in [4.78, 5) is 21.5. The molecule has 0 aliphatic carbocycles. The second-order valence-corrected chi connectivity index (χ2v) is 4.78. The van der Waals surface area contributed by atoms with E-state index in [0.717, 1.165) is 0 Å². The predicted molar refractivity (Wildman–Crippen MR) is 72.5 cm³/mol. The van der Waals surface area contributed by atoms with Crippen LogP contribution in [0.1, 0.15) is 0 Å². The molecular formula is C8H4Cl5N3O2. The number of hydrogen-bond donors (Lipinski definition) is 3. The maximum Gasteiger partial charge on any atom is 0.327 e. The lowest BCUT2D eigenvalue weighted by molar-refractivity contribution is -0.136. The Morgan fingerprint density at radius 1 is 0.833 bits per heavy atom. The number of halogens is 5. The van der Waals surface area contributed by atoms with Crippen molar-refractivity contribution >= 4 is 75.5 Å². The van der Waals surface area contributed by atoms with E-state index in [1.54, 1.807) is 0 Å². The first-order valence-electron chi connectivity index (χ1n) is 4.14. The molecule has 0 fully saturated rings. The SMILES string of the molecule is NC(=O)C(=O)NNc1c(Cl)c(Cl)c(Cl)c(Cl)c1Cl. The molecule has 1 aromatic carbocycles. The van der Waals surface area contributed by atoms with Crippen molar-refractivity contribution in [3.05, 3.63) is 25.1 Å². The molecule has 1 rings (SSSR count). The molecular weight excluding hydrogens is 347 g/mol. The van der Waals surface area contributed by atoms with Crippen molar-refractivity contribution in [3.8, 4) is 0 Å². The molecule has 0 atom stereocenters. The molecule has 0 aliphatic heterocycles. The number of hydrazine groups is 1. The average molecular weight is 351 g/mol. The van der Waals surface area contributed by atoms with E-state index in [1.807, 2.05) is 5.43 Å². The van der Waals surface area contributed by atoms with Crippen LogP contribution in [0, 0.1) is 0 Å². The minimum Gasteiger partial charge on any atom is -0.361 e. The lowest BCUT2D eigenvalue weighted by Gasteiger charge is -2.14. The van der Waals surface area contributed by atoms with Crippen molar-refractivity contribution in [1.82, 2.24) is 5.43 Å². The minimum absolute atomic E-state index is 0.00710. The Morgan fingerprint density at radius 2 is 1.22 bits per heavy atom. The number of carbonyl (C=O) groups excluding carboxylic acids is 2. The quantitative estimate of drug-likeness (QED) is 0.331. The zero-order valence-electron chi connectivity index (χ0n) is 8.28. The van der Waals surface area contributed by atoms with E-state index in [9.17, 15) is 9.59 Å². The molecule has 2 amide bonds. The molecule has 98 valence electrons. The lowest BCUT2D eigenvalue weighted by atomic mass is 10.3. The zero-order valence-corrected chi connectivity index (χ0v) is 12.1. The summed E-state index contributed by atoms with van der Waals surface area (Å²) in [5, 5.41) is -0.270. The molecule has 1 aromatic rings. The van der Waals surface area contributed by atoms with Gasteiger partial charge in [-0.3, -0.25) is 20.4 Å². The first-order valence-corrected chi connectivity index (χ1v) is 6.03. The molecule has 0 bridgehead atoms. The van der Waals surface area contributed by atoms with E-state index >= 15 is 0 Å². The van der Waals surface area contributed by atoms with E-state index in [0.29, 0.717) is 0 Å². The highest BCUT2D eigenvalue weighted by Gasteiger charge is 2.20. The molecule has 0 unspecified atom stereocenters. The monoisotopic (exact) mass is 349 g/mol. The van der Waals surface area contributed by atoms with Gasteiger partial charge in [0.25, 0.3) is 0 Å². The fraction of sp³-hybridized carbons (Fsp3) is 0. The lowest BCUT2D eigenvalue weighted by Crippen LogP contribution is -2.39. The molecule has 0 aliphatic rings. The fourth-order valence-corrected chi connectivity index (χ4v) is 2.13. The number of rotatable bonds is 2. The van der Waals surface area contributed by atoms with E-state index < -0.39 is 11.8 Å². The topological polar surface area (TPSA) is 84.2 Å². The third kappa shape index (κ3) is 3.05. The summed E-state index contributed by atoms with van der Waals surface area (Å²) in [5.41, 5.74) is 8.96. The first-order chi connectivity index (χ1) is 8.27. The number of amides is 2. The maximum atomic E-state index is 10.9. The average Bonchev–Trinajstić information content (AvgIpc) is 2.33. The van der Waals surface area contributed by atoms with Gasteiger partial charge in [-0.15, -0.1) is 0 Å². The Morgan fingerprint density at radius 3 is 1.61 bits per heavy atom. The predicted octanol–water partition coefficient (Wildman–Crippen LogP) is 2.88. The van der Waals surface area contributed by atoms with E-state index in [4.69, 9.17) is 63.7 Å². The number of hydrogen-bond acceptors (Lipinski definition) is 3. The van der Waals surface area contributed by atoms with Crippen LogP contribution in [0.25, 0.3) is 0 Å². The Bertz CT molecular complexity index is 505. The Labute approximate surface area is 126 Å². The normalized spacial score (nSPS) is 10.1. The zero-order chi connectivity index (χ0) is 14.0. The number of benzene rings is 1. The number of nitrogens with two attached hydrogens (primary N) is 1. The largest absolute Gasteiger partial charge is 0.361 e. The van der Waals surface area contributed by atoms with Gasteiger partial charge < -0.3 is 5.73 Å². The van der Waals surface area contributed by atoms with Crippen molar-refractivity contribution in [2.45, 2.75) is 0 Å². The molecule has 0 heterocycles. The van der Waals surface area contributed by atoms with Crippen molar-refractivity contribution in [2.75, 3.05) is 5.43 Å². The van der Waals surface area contributed by atoms with Crippen LogP contribution in [0.5, 0.6) is 0 Å². The molecule has 10 heteroatoms. The highest BCUT2D eigenvalue weighted by Crippen LogP contribution is 2.46. The van der Waals surface area contributed by atoms with Crippen molar-refractivity contribution in [2.24, 2.45) is 5.73 Å². The van der Waals surface area contributed by atoms with Gasteiger partial charge in [0.15, 0.2) is 0 Å². The van der Waals surface area contributed by atoms with Crippen LogP contribution in [0.15, 0.2) is 0 Å². The second-order valence-electron chi connectivity index (χ2n) is 2.89. The van der Waals surface area contributed by atoms with Crippen molar-refractivity contribution in [3.63, 3.8) is 0 Å².